The Hall–Kier alpha value is -0.450. The minimum atomic E-state index is 0.670. The first-order valence-corrected chi connectivity index (χ1v) is 6.83. The molecule has 0 amide bonds. The van der Waals surface area contributed by atoms with Gasteiger partial charge in [0, 0.05) is 24.0 Å². The summed E-state index contributed by atoms with van der Waals surface area (Å²) in [5.74, 6) is 0. The highest BCUT2D eigenvalue weighted by atomic mass is 32.1. The lowest BCUT2D eigenvalue weighted by molar-refractivity contribution is 0.189. The van der Waals surface area contributed by atoms with Crippen molar-refractivity contribution in [3.8, 4) is 0 Å². The fraction of sp³-hybridized carbons (Fsp3) is 0.750. The molecule has 1 unspecified atom stereocenters. The molecule has 3 nitrogen and oxygen atoms in total. The zero-order valence-corrected chi connectivity index (χ0v) is 11.2. The van der Waals surface area contributed by atoms with Gasteiger partial charge in [-0.05, 0) is 40.3 Å². The standard InChI is InChI=1S/C12H21N3S/c1-9-12(16-10(2)14-9)8-15-6-4-5-11(7-15)13-3/h11,13H,4-8H2,1-3H3. The van der Waals surface area contributed by atoms with Gasteiger partial charge in [0.2, 0.25) is 0 Å². The van der Waals surface area contributed by atoms with Gasteiger partial charge in [0.1, 0.15) is 0 Å². The lowest BCUT2D eigenvalue weighted by Gasteiger charge is -2.32. The number of piperidine rings is 1. The van der Waals surface area contributed by atoms with Gasteiger partial charge in [0.15, 0.2) is 0 Å². The predicted octanol–water partition coefficient (Wildman–Crippen LogP) is 1.94. The Kier molecular flexibility index (Phi) is 3.95. The fourth-order valence-corrected chi connectivity index (χ4v) is 3.34. The molecule has 1 aliphatic rings. The van der Waals surface area contributed by atoms with Gasteiger partial charge in [-0.2, -0.15) is 0 Å². The van der Waals surface area contributed by atoms with Gasteiger partial charge in [-0.25, -0.2) is 4.98 Å². The van der Waals surface area contributed by atoms with Crippen LogP contribution in [0, 0.1) is 13.8 Å². The number of aryl methyl sites for hydroxylation is 2. The van der Waals surface area contributed by atoms with E-state index >= 15 is 0 Å². The summed E-state index contributed by atoms with van der Waals surface area (Å²) in [7, 11) is 2.07. The summed E-state index contributed by atoms with van der Waals surface area (Å²) in [4.78, 5) is 8.48. The molecule has 1 N–H and O–H groups in total. The Balaban J connectivity index is 1.96. The van der Waals surface area contributed by atoms with E-state index in [9.17, 15) is 0 Å². The first kappa shape index (κ1) is 12.0. The molecular weight excluding hydrogens is 218 g/mol. The summed E-state index contributed by atoms with van der Waals surface area (Å²) >= 11 is 1.84. The average Bonchev–Trinajstić information content (AvgIpc) is 2.58. The summed E-state index contributed by atoms with van der Waals surface area (Å²) in [5.41, 5.74) is 1.22. The lowest BCUT2D eigenvalue weighted by Crippen LogP contribution is -2.43. The summed E-state index contributed by atoms with van der Waals surface area (Å²) in [6, 6.07) is 0.670. The molecule has 0 aromatic carbocycles. The van der Waals surface area contributed by atoms with Gasteiger partial charge >= 0.3 is 0 Å². The van der Waals surface area contributed by atoms with Crippen molar-refractivity contribution in [3.05, 3.63) is 15.6 Å². The second-order valence-corrected chi connectivity index (χ2v) is 5.89. The number of aromatic nitrogens is 1. The first-order chi connectivity index (χ1) is 7.69. The molecule has 16 heavy (non-hydrogen) atoms. The molecule has 1 aliphatic heterocycles. The molecule has 1 aromatic heterocycles. The highest BCUT2D eigenvalue weighted by molar-refractivity contribution is 7.11. The fourth-order valence-electron chi connectivity index (χ4n) is 2.36. The van der Waals surface area contributed by atoms with Crippen molar-refractivity contribution in [1.29, 1.82) is 0 Å². The van der Waals surface area contributed by atoms with E-state index < -0.39 is 0 Å². The molecule has 1 atom stereocenters. The van der Waals surface area contributed by atoms with Gasteiger partial charge in [0.05, 0.1) is 10.7 Å². The second kappa shape index (κ2) is 5.25. The molecule has 2 rings (SSSR count). The number of likely N-dealkylation sites (tertiary alicyclic amines) is 1. The molecule has 0 radical (unpaired) electrons. The maximum absolute atomic E-state index is 4.49. The van der Waals surface area contributed by atoms with Crippen LogP contribution >= 0.6 is 11.3 Å². The van der Waals surface area contributed by atoms with Gasteiger partial charge in [-0.3, -0.25) is 4.90 Å². The van der Waals surface area contributed by atoms with Crippen molar-refractivity contribution in [2.45, 2.75) is 39.3 Å². The van der Waals surface area contributed by atoms with Crippen LogP contribution < -0.4 is 5.32 Å². The van der Waals surface area contributed by atoms with Gasteiger partial charge in [-0.15, -0.1) is 11.3 Å². The molecule has 90 valence electrons. The van der Waals surface area contributed by atoms with Crippen LogP contribution in [0.4, 0.5) is 0 Å². The molecule has 4 heteroatoms. The van der Waals surface area contributed by atoms with Crippen molar-refractivity contribution in [1.82, 2.24) is 15.2 Å². The Bertz CT molecular complexity index is 348. The minimum absolute atomic E-state index is 0.670. The number of thiazole rings is 1. The maximum atomic E-state index is 4.49. The molecule has 0 aliphatic carbocycles. The Labute approximate surface area is 102 Å². The van der Waals surface area contributed by atoms with Crippen LogP contribution in [0.3, 0.4) is 0 Å². The third-order valence-electron chi connectivity index (χ3n) is 3.28. The summed E-state index contributed by atoms with van der Waals surface area (Å²) < 4.78 is 0. The molecule has 1 fully saturated rings. The average molecular weight is 239 g/mol. The normalized spacial score (nSPS) is 22.6. The Morgan fingerprint density at radius 3 is 2.94 bits per heavy atom. The summed E-state index contributed by atoms with van der Waals surface area (Å²) in [6.07, 6.45) is 2.62. The molecule has 1 aromatic rings. The van der Waals surface area contributed by atoms with Crippen molar-refractivity contribution < 1.29 is 0 Å². The predicted molar refractivity (Wildman–Crippen MR) is 68.9 cm³/mol. The largest absolute Gasteiger partial charge is 0.316 e. The quantitative estimate of drug-likeness (QED) is 0.874. The zero-order valence-electron chi connectivity index (χ0n) is 10.4. The Morgan fingerprint density at radius 2 is 2.31 bits per heavy atom. The van der Waals surface area contributed by atoms with Crippen LogP contribution in [-0.4, -0.2) is 36.1 Å². The van der Waals surface area contributed by atoms with E-state index in [1.807, 2.05) is 11.3 Å². The zero-order chi connectivity index (χ0) is 11.5. The van der Waals surface area contributed by atoms with Crippen molar-refractivity contribution >= 4 is 11.3 Å². The van der Waals surface area contributed by atoms with Crippen LogP contribution in [0.5, 0.6) is 0 Å². The van der Waals surface area contributed by atoms with Gasteiger partial charge in [-0.1, -0.05) is 0 Å². The maximum Gasteiger partial charge on any atom is 0.0900 e. The van der Waals surface area contributed by atoms with Crippen molar-refractivity contribution in [2.24, 2.45) is 0 Å². The lowest BCUT2D eigenvalue weighted by atomic mass is 10.1. The number of hydrogen-bond acceptors (Lipinski definition) is 4. The van der Waals surface area contributed by atoms with Crippen molar-refractivity contribution in [2.75, 3.05) is 20.1 Å². The molecule has 0 saturated carbocycles. The van der Waals surface area contributed by atoms with Crippen LogP contribution in [0.1, 0.15) is 28.4 Å². The highest BCUT2D eigenvalue weighted by Gasteiger charge is 2.19. The third kappa shape index (κ3) is 2.81. The monoisotopic (exact) mass is 239 g/mol. The second-order valence-electron chi connectivity index (χ2n) is 4.60. The number of likely N-dealkylation sites (N-methyl/N-ethyl adjacent to an activating group) is 1. The number of nitrogens with zero attached hydrogens (tertiary/aromatic N) is 2. The van der Waals surface area contributed by atoms with E-state index in [2.05, 4.69) is 36.1 Å². The number of rotatable bonds is 3. The van der Waals surface area contributed by atoms with E-state index in [4.69, 9.17) is 0 Å². The summed E-state index contributed by atoms with van der Waals surface area (Å²) in [6.45, 7) is 7.70. The highest BCUT2D eigenvalue weighted by Crippen LogP contribution is 2.21. The van der Waals surface area contributed by atoms with Gasteiger partial charge < -0.3 is 5.32 Å². The van der Waals surface area contributed by atoms with E-state index in [1.165, 1.54) is 41.5 Å². The molecule has 1 saturated heterocycles. The van der Waals surface area contributed by atoms with Gasteiger partial charge in [0.25, 0.3) is 0 Å². The minimum Gasteiger partial charge on any atom is -0.316 e. The van der Waals surface area contributed by atoms with Crippen LogP contribution in [0.25, 0.3) is 0 Å². The summed E-state index contributed by atoms with van der Waals surface area (Å²) in [5, 5.41) is 4.58. The van der Waals surface area contributed by atoms with Crippen LogP contribution in [0.15, 0.2) is 0 Å². The third-order valence-corrected chi connectivity index (χ3v) is 4.34. The number of hydrogen-bond donors (Lipinski definition) is 1. The molecule has 0 bridgehead atoms. The van der Waals surface area contributed by atoms with E-state index in [0.717, 1.165) is 6.54 Å². The van der Waals surface area contributed by atoms with Crippen molar-refractivity contribution in [3.63, 3.8) is 0 Å². The Morgan fingerprint density at radius 1 is 1.50 bits per heavy atom. The number of nitrogens with one attached hydrogen (secondary N) is 1. The van der Waals surface area contributed by atoms with E-state index in [-0.39, 0.29) is 0 Å². The van der Waals surface area contributed by atoms with Crippen LogP contribution in [0.2, 0.25) is 0 Å². The molecule has 0 spiro atoms. The topological polar surface area (TPSA) is 28.2 Å². The smallest absolute Gasteiger partial charge is 0.0900 e. The van der Waals surface area contributed by atoms with E-state index in [1.54, 1.807) is 0 Å². The first-order valence-electron chi connectivity index (χ1n) is 6.01. The van der Waals surface area contributed by atoms with Crippen LogP contribution in [-0.2, 0) is 6.54 Å². The molecule has 2 heterocycles. The molecular formula is C12H21N3S. The SMILES string of the molecule is CNC1CCCN(Cc2sc(C)nc2C)C1. The van der Waals surface area contributed by atoms with E-state index in [0.29, 0.717) is 6.04 Å².